The molecule has 4 nitrogen and oxygen atoms in total. The Morgan fingerprint density at radius 2 is 1.77 bits per heavy atom. The first-order valence-corrected chi connectivity index (χ1v) is 8.32. The third-order valence-electron chi connectivity index (χ3n) is 3.54. The highest BCUT2D eigenvalue weighted by molar-refractivity contribution is 6.05. The van der Waals surface area contributed by atoms with Crippen molar-refractivity contribution in [3.8, 4) is 17.7 Å². The highest BCUT2D eigenvalue weighted by Gasteiger charge is 2.13. The van der Waals surface area contributed by atoms with Gasteiger partial charge in [0.2, 0.25) is 5.88 Å². The number of anilines is 1. The molecule has 4 heteroatoms. The van der Waals surface area contributed by atoms with Gasteiger partial charge in [-0.1, -0.05) is 36.1 Å². The van der Waals surface area contributed by atoms with Gasteiger partial charge in [-0.3, -0.25) is 4.79 Å². The van der Waals surface area contributed by atoms with Crippen LogP contribution in [-0.2, 0) is 0 Å². The van der Waals surface area contributed by atoms with E-state index < -0.39 is 0 Å². The van der Waals surface area contributed by atoms with Crippen LogP contribution in [0.5, 0.6) is 5.88 Å². The summed E-state index contributed by atoms with van der Waals surface area (Å²) < 4.78 is 5.41. The second-order valence-corrected chi connectivity index (χ2v) is 5.44. The molecule has 0 bridgehead atoms. The van der Waals surface area contributed by atoms with Crippen molar-refractivity contribution in [1.29, 1.82) is 0 Å². The van der Waals surface area contributed by atoms with Gasteiger partial charge < -0.3 is 10.1 Å². The molecule has 2 aromatic carbocycles. The molecule has 0 aliphatic heterocycles. The zero-order chi connectivity index (χ0) is 18.2. The number of carbonyl (C=O) groups is 1. The minimum atomic E-state index is -0.269. The van der Waals surface area contributed by atoms with Crippen LogP contribution >= 0.6 is 0 Å². The molecule has 0 atom stereocenters. The van der Waals surface area contributed by atoms with Crippen LogP contribution in [0.3, 0.4) is 0 Å². The fourth-order valence-corrected chi connectivity index (χ4v) is 2.35. The average Bonchev–Trinajstić information content (AvgIpc) is 2.68. The largest absolute Gasteiger partial charge is 0.477 e. The Balaban J connectivity index is 1.77. The Hall–Kier alpha value is -3.58. The highest BCUT2D eigenvalue weighted by Crippen LogP contribution is 2.17. The Morgan fingerprint density at radius 3 is 2.58 bits per heavy atom. The third kappa shape index (κ3) is 4.49. The molecule has 3 rings (SSSR count). The number of ether oxygens (including phenoxy) is 1. The molecule has 128 valence electrons. The first-order valence-electron chi connectivity index (χ1n) is 8.32. The van der Waals surface area contributed by atoms with E-state index in [1.54, 1.807) is 18.3 Å². The molecule has 1 N–H and O–H groups in total. The molecular formula is C22H18N2O2. The van der Waals surface area contributed by atoms with E-state index in [2.05, 4.69) is 22.1 Å². The molecule has 0 aliphatic rings. The second kappa shape index (κ2) is 8.50. The number of carbonyl (C=O) groups excluding carboxylic acids is 1. The first kappa shape index (κ1) is 17.2. The lowest BCUT2D eigenvalue weighted by Crippen LogP contribution is -2.14. The van der Waals surface area contributed by atoms with E-state index in [1.807, 2.05) is 61.5 Å². The number of hydrogen-bond donors (Lipinski definition) is 1. The lowest BCUT2D eigenvalue weighted by atomic mass is 10.1. The average molecular weight is 342 g/mol. The summed E-state index contributed by atoms with van der Waals surface area (Å²) in [6.45, 7) is 2.30. The predicted molar refractivity (Wildman–Crippen MR) is 102 cm³/mol. The molecule has 1 heterocycles. The Morgan fingerprint density at radius 1 is 1.00 bits per heavy atom. The fourth-order valence-electron chi connectivity index (χ4n) is 2.35. The molecule has 0 unspecified atom stereocenters. The number of nitrogens with zero attached hydrogens (tertiary/aromatic N) is 1. The molecule has 3 aromatic rings. The molecule has 0 radical (unpaired) electrons. The van der Waals surface area contributed by atoms with E-state index in [9.17, 15) is 4.79 Å². The van der Waals surface area contributed by atoms with E-state index in [0.29, 0.717) is 23.7 Å². The van der Waals surface area contributed by atoms with E-state index in [4.69, 9.17) is 4.74 Å². The van der Waals surface area contributed by atoms with Gasteiger partial charge >= 0.3 is 0 Å². The smallest absolute Gasteiger partial charge is 0.261 e. The van der Waals surface area contributed by atoms with Crippen molar-refractivity contribution >= 4 is 11.6 Å². The highest BCUT2D eigenvalue weighted by atomic mass is 16.5. The Bertz CT molecular complexity index is 956. The normalized spacial score (nSPS) is 9.73. The molecule has 0 saturated carbocycles. The summed E-state index contributed by atoms with van der Waals surface area (Å²) in [7, 11) is 0. The maximum atomic E-state index is 12.5. The molecule has 1 aromatic heterocycles. The quantitative estimate of drug-likeness (QED) is 0.725. The van der Waals surface area contributed by atoms with Crippen LogP contribution in [0.15, 0.2) is 72.9 Å². The number of benzene rings is 2. The third-order valence-corrected chi connectivity index (χ3v) is 3.54. The lowest BCUT2D eigenvalue weighted by Gasteiger charge is -2.09. The summed E-state index contributed by atoms with van der Waals surface area (Å²) in [6, 6.07) is 20.6. The first-order chi connectivity index (χ1) is 12.8. The topological polar surface area (TPSA) is 51.2 Å². The van der Waals surface area contributed by atoms with Crippen LogP contribution in [0.1, 0.15) is 28.4 Å². The van der Waals surface area contributed by atoms with Crippen molar-refractivity contribution in [2.24, 2.45) is 0 Å². The van der Waals surface area contributed by atoms with Crippen LogP contribution in [0.4, 0.5) is 5.69 Å². The summed E-state index contributed by atoms with van der Waals surface area (Å²) in [6.07, 6.45) is 1.60. The SMILES string of the molecule is CCOc1ncccc1C(=O)Nc1cccc(C#Cc2ccccc2)c1. The van der Waals surface area contributed by atoms with E-state index >= 15 is 0 Å². The van der Waals surface area contributed by atoms with Gasteiger partial charge in [-0.2, -0.15) is 0 Å². The Labute approximate surface area is 152 Å². The van der Waals surface area contributed by atoms with Crippen LogP contribution < -0.4 is 10.1 Å². The number of rotatable bonds is 4. The van der Waals surface area contributed by atoms with Gasteiger partial charge in [-0.15, -0.1) is 0 Å². The number of hydrogen-bond acceptors (Lipinski definition) is 3. The number of pyridine rings is 1. The molecular weight excluding hydrogens is 324 g/mol. The zero-order valence-corrected chi connectivity index (χ0v) is 14.4. The molecule has 0 saturated heterocycles. The van der Waals surface area contributed by atoms with Crippen molar-refractivity contribution in [3.05, 3.63) is 89.6 Å². The molecule has 26 heavy (non-hydrogen) atoms. The lowest BCUT2D eigenvalue weighted by molar-refractivity contribution is 0.102. The molecule has 1 amide bonds. The summed E-state index contributed by atoms with van der Waals surface area (Å²) in [4.78, 5) is 16.6. The zero-order valence-electron chi connectivity index (χ0n) is 14.4. The summed E-state index contributed by atoms with van der Waals surface area (Å²) in [5.41, 5.74) is 2.83. The van der Waals surface area contributed by atoms with Crippen molar-refractivity contribution < 1.29 is 9.53 Å². The van der Waals surface area contributed by atoms with Crippen molar-refractivity contribution in [2.45, 2.75) is 6.92 Å². The number of aromatic nitrogens is 1. The Kier molecular flexibility index (Phi) is 5.64. The monoisotopic (exact) mass is 342 g/mol. The molecule has 0 fully saturated rings. The van der Waals surface area contributed by atoms with E-state index in [1.165, 1.54) is 0 Å². The predicted octanol–water partition coefficient (Wildman–Crippen LogP) is 4.13. The van der Waals surface area contributed by atoms with Crippen LogP contribution in [-0.4, -0.2) is 17.5 Å². The van der Waals surface area contributed by atoms with Crippen molar-refractivity contribution in [3.63, 3.8) is 0 Å². The minimum absolute atomic E-state index is 0.269. The maximum absolute atomic E-state index is 12.5. The fraction of sp³-hybridized carbons (Fsp3) is 0.0909. The second-order valence-electron chi connectivity index (χ2n) is 5.44. The van der Waals surface area contributed by atoms with Gasteiger partial charge in [0.15, 0.2) is 0 Å². The molecule has 0 spiro atoms. The maximum Gasteiger partial charge on any atom is 0.261 e. The minimum Gasteiger partial charge on any atom is -0.477 e. The van der Waals surface area contributed by atoms with Gasteiger partial charge in [0.05, 0.1) is 6.61 Å². The van der Waals surface area contributed by atoms with Gasteiger partial charge in [0.25, 0.3) is 5.91 Å². The van der Waals surface area contributed by atoms with Gasteiger partial charge in [-0.25, -0.2) is 4.98 Å². The van der Waals surface area contributed by atoms with Crippen LogP contribution in [0.25, 0.3) is 0 Å². The van der Waals surface area contributed by atoms with Crippen LogP contribution in [0.2, 0.25) is 0 Å². The summed E-state index contributed by atoms with van der Waals surface area (Å²) in [5, 5.41) is 2.87. The number of nitrogens with one attached hydrogen (secondary N) is 1. The number of amides is 1. The van der Waals surface area contributed by atoms with Crippen molar-refractivity contribution in [1.82, 2.24) is 4.98 Å². The van der Waals surface area contributed by atoms with Gasteiger partial charge in [-0.05, 0) is 49.4 Å². The van der Waals surface area contributed by atoms with Gasteiger partial charge in [0.1, 0.15) is 5.56 Å². The summed E-state index contributed by atoms with van der Waals surface area (Å²) in [5.74, 6) is 6.27. The van der Waals surface area contributed by atoms with Crippen molar-refractivity contribution in [2.75, 3.05) is 11.9 Å². The standard InChI is InChI=1S/C22H18N2O2/c1-2-26-22-20(12-7-15-23-22)21(25)24-19-11-6-10-18(16-19)14-13-17-8-4-3-5-9-17/h3-12,15-16H,2H2,1H3,(H,24,25). The van der Waals surface area contributed by atoms with Crippen LogP contribution in [0, 0.1) is 11.8 Å². The van der Waals surface area contributed by atoms with E-state index in [-0.39, 0.29) is 5.91 Å². The van der Waals surface area contributed by atoms with E-state index in [0.717, 1.165) is 11.1 Å². The van der Waals surface area contributed by atoms with Gasteiger partial charge in [0, 0.05) is 23.0 Å². The summed E-state index contributed by atoms with van der Waals surface area (Å²) >= 11 is 0. The molecule has 0 aliphatic carbocycles.